The molecule has 0 saturated carbocycles. The molecule has 5 heteroatoms. The van der Waals surface area contributed by atoms with Crippen LogP contribution in [-0.4, -0.2) is 22.9 Å². The minimum atomic E-state index is -0.744. The normalized spacial score (nSPS) is 11.5. The van der Waals surface area contributed by atoms with E-state index in [1.54, 1.807) is 10.9 Å². The van der Waals surface area contributed by atoms with Crippen molar-refractivity contribution >= 4 is 5.82 Å². The summed E-state index contributed by atoms with van der Waals surface area (Å²) in [7, 11) is 0. The monoisotopic (exact) mass is 412 g/mol. The number of benzene rings is 3. The number of aromatic nitrogens is 2. The van der Waals surface area contributed by atoms with Gasteiger partial charge in [-0.25, -0.2) is 4.68 Å². The topological polar surface area (TPSA) is 79.1 Å². The summed E-state index contributed by atoms with van der Waals surface area (Å²) in [4.78, 5) is 0. The average Bonchev–Trinajstić information content (AvgIpc) is 3.18. The van der Waals surface area contributed by atoms with Gasteiger partial charge in [0.05, 0.1) is 19.3 Å². The van der Waals surface area contributed by atoms with Crippen LogP contribution in [0.4, 0.5) is 5.82 Å². The lowest BCUT2D eigenvalue weighted by molar-refractivity contribution is 0.00737. The highest BCUT2D eigenvalue weighted by Crippen LogP contribution is 2.40. The fraction of sp³-hybridized carbons (Fsp3) is 0.192. The van der Waals surface area contributed by atoms with Gasteiger partial charge in [0.1, 0.15) is 11.4 Å². The van der Waals surface area contributed by atoms with Crippen LogP contribution < -0.4 is 11.5 Å². The van der Waals surface area contributed by atoms with Crippen molar-refractivity contribution in [2.75, 3.05) is 18.9 Å². The van der Waals surface area contributed by atoms with Gasteiger partial charge in [-0.3, -0.25) is 0 Å². The van der Waals surface area contributed by atoms with Crippen LogP contribution >= 0.6 is 0 Å². The fourth-order valence-corrected chi connectivity index (χ4v) is 4.01. The van der Waals surface area contributed by atoms with Crippen molar-refractivity contribution in [3.8, 4) is 0 Å². The van der Waals surface area contributed by atoms with Crippen molar-refractivity contribution in [3.05, 3.63) is 119 Å². The number of nitrogen functional groups attached to an aromatic ring is 1. The van der Waals surface area contributed by atoms with Crippen LogP contribution in [0.5, 0.6) is 0 Å². The molecule has 4 rings (SSSR count). The molecule has 0 unspecified atom stereocenters. The average molecular weight is 413 g/mol. The molecule has 4 N–H and O–H groups in total. The molecule has 158 valence electrons. The smallest absolute Gasteiger partial charge is 0.143 e. The van der Waals surface area contributed by atoms with Gasteiger partial charge in [0, 0.05) is 5.56 Å². The van der Waals surface area contributed by atoms with E-state index in [2.05, 4.69) is 41.5 Å². The highest BCUT2D eigenvalue weighted by atomic mass is 16.5. The second kappa shape index (κ2) is 9.60. The van der Waals surface area contributed by atoms with Crippen molar-refractivity contribution in [1.82, 2.24) is 9.78 Å². The van der Waals surface area contributed by atoms with Crippen LogP contribution in [0.1, 0.15) is 22.3 Å². The Morgan fingerprint density at radius 2 is 1.26 bits per heavy atom. The van der Waals surface area contributed by atoms with E-state index in [0.29, 0.717) is 31.9 Å². The zero-order chi connectivity index (χ0) is 21.5. The molecule has 3 aromatic carbocycles. The van der Waals surface area contributed by atoms with Crippen molar-refractivity contribution in [2.24, 2.45) is 5.73 Å². The Kier molecular flexibility index (Phi) is 6.46. The quantitative estimate of drug-likeness (QED) is 0.408. The third-order valence-corrected chi connectivity index (χ3v) is 5.54. The maximum Gasteiger partial charge on any atom is 0.143 e. The molecule has 0 aliphatic rings. The zero-order valence-electron chi connectivity index (χ0n) is 17.5. The number of hydrogen-bond donors (Lipinski definition) is 2. The Balaban J connectivity index is 1.72. The summed E-state index contributed by atoms with van der Waals surface area (Å²) in [5.74, 6) is 0.652. The first kappa shape index (κ1) is 20.8. The molecule has 0 saturated heterocycles. The van der Waals surface area contributed by atoms with E-state index < -0.39 is 5.60 Å². The first-order valence-electron chi connectivity index (χ1n) is 10.6. The Morgan fingerprint density at radius 3 is 1.71 bits per heavy atom. The minimum absolute atomic E-state index is 0.437. The van der Waals surface area contributed by atoms with Crippen LogP contribution in [0.3, 0.4) is 0 Å². The SMILES string of the molecule is NCCc1cnn(CCOC(c2ccccc2)(c2ccccc2)c2ccccc2)c1N. The van der Waals surface area contributed by atoms with E-state index in [9.17, 15) is 0 Å². The third kappa shape index (κ3) is 4.24. The van der Waals surface area contributed by atoms with Gasteiger partial charge >= 0.3 is 0 Å². The highest BCUT2D eigenvalue weighted by molar-refractivity contribution is 5.47. The van der Waals surface area contributed by atoms with Gasteiger partial charge in [0.25, 0.3) is 0 Å². The molecule has 1 heterocycles. The molecule has 0 fully saturated rings. The summed E-state index contributed by atoms with van der Waals surface area (Å²) < 4.78 is 8.56. The molecule has 0 aliphatic heterocycles. The summed E-state index contributed by atoms with van der Waals surface area (Å²) in [6.45, 7) is 1.53. The molecule has 1 aromatic heterocycles. The number of rotatable bonds is 9. The van der Waals surface area contributed by atoms with Crippen LogP contribution in [-0.2, 0) is 23.3 Å². The lowest BCUT2D eigenvalue weighted by atomic mass is 9.80. The van der Waals surface area contributed by atoms with Gasteiger partial charge < -0.3 is 16.2 Å². The van der Waals surface area contributed by atoms with Crippen LogP contribution in [0, 0.1) is 0 Å². The zero-order valence-corrected chi connectivity index (χ0v) is 17.5. The molecule has 4 aromatic rings. The highest BCUT2D eigenvalue weighted by Gasteiger charge is 2.37. The predicted octanol–water partition coefficient (Wildman–Crippen LogP) is 3.98. The molecule has 0 atom stereocenters. The van der Waals surface area contributed by atoms with E-state index >= 15 is 0 Å². The van der Waals surface area contributed by atoms with Gasteiger partial charge in [-0.05, 0) is 29.7 Å². The largest absolute Gasteiger partial charge is 0.384 e. The van der Waals surface area contributed by atoms with E-state index in [4.69, 9.17) is 16.2 Å². The number of nitrogens with zero attached hydrogens (tertiary/aromatic N) is 2. The van der Waals surface area contributed by atoms with Gasteiger partial charge in [-0.15, -0.1) is 0 Å². The van der Waals surface area contributed by atoms with Crippen LogP contribution in [0.15, 0.2) is 97.2 Å². The molecular formula is C26H28N4O. The van der Waals surface area contributed by atoms with Crippen molar-refractivity contribution in [1.29, 1.82) is 0 Å². The number of nitrogens with two attached hydrogens (primary N) is 2. The summed E-state index contributed by atoms with van der Waals surface area (Å²) in [5.41, 5.74) is 15.4. The first-order chi connectivity index (χ1) is 15.3. The molecule has 0 bridgehead atoms. The van der Waals surface area contributed by atoms with Crippen LogP contribution in [0.2, 0.25) is 0 Å². The lowest BCUT2D eigenvalue weighted by Crippen LogP contribution is -2.34. The lowest BCUT2D eigenvalue weighted by Gasteiger charge is -2.36. The summed E-state index contributed by atoms with van der Waals surface area (Å²) in [5, 5.41) is 4.43. The van der Waals surface area contributed by atoms with E-state index in [-0.39, 0.29) is 0 Å². The standard InChI is InChI=1S/C26H28N4O/c27-17-16-21-20-29-30(25(21)28)18-19-31-26(22-10-4-1-5-11-22,23-12-6-2-7-13-23)24-14-8-3-9-15-24/h1-15,20H,16-19,27-28H2. The van der Waals surface area contributed by atoms with Gasteiger partial charge in [0.2, 0.25) is 0 Å². The van der Waals surface area contributed by atoms with E-state index in [1.807, 2.05) is 54.6 Å². The molecular weight excluding hydrogens is 384 g/mol. The van der Waals surface area contributed by atoms with Gasteiger partial charge in [0.15, 0.2) is 0 Å². The summed E-state index contributed by atoms with van der Waals surface area (Å²) >= 11 is 0. The van der Waals surface area contributed by atoms with Gasteiger partial charge in [-0.2, -0.15) is 5.10 Å². The predicted molar refractivity (Wildman–Crippen MR) is 125 cm³/mol. The molecule has 0 amide bonds. The fourth-order valence-electron chi connectivity index (χ4n) is 4.01. The van der Waals surface area contributed by atoms with E-state index in [1.165, 1.54) is 0 Å². The molecule has 0 radical (unpaired) electrons. The Morgan fingerprint density at radius 1 is 0.774 bits per heavy atom. The second-order valence-electron chi connectivity index (χ2n) is 7.44. The van der Waals surface area contributed by atoms with Crippen molar-refractivity contribution < 1.29 is 4.74 Å². The van der Waals surface area contributed by atoms with Gasteiger partial charge in [-0.1, -0.05) is 91.0 Å². The Hall–Kier alpha value is -3.41. The first-order valence-corrected chi connectivity index (χ1v) is 10.6. The van der Waals surface area contributed by atoms with E-state index in [0.717, 1.165) is 22.3 Å². The minimum Gasteiger partial charge on any atom is -0.384 e. The Bertz CT molecular complexity index is 982. The number of anilines is 1. The number of ether oxygens (including phenoxy) is 1. The third-order valence-electron chi connectivity index (χ3n) is 5.54. The number of hydrogen-bond acceptors (Lipinski definition) is 4. The second-order valence-corrected chi connectivity index (χ2v) is 7.44. The van der Waals surface area contributed by atoms with Crippen molar-refractivity contribution in [2.45, 2.75) is 18.6 Å². The molecule has 31 heavy (non-hydrogen) atoms. The molecule has 0 aliphatic carbocycles. The van der Waals surface area contributed by atoms with Crippen LogP contribution in [0.25, 0.3) is 0 Å². The maximum absolute atomic E-state index is 6.78. The molecule has 5 nitrogen and oxygen atoms in total. The summed E-state index contributed by atoms with van der Waals surface area (Å²) in [6.07, 6.45) is 2.51. The Labute approximate surface area is 183 Å². The maximum atomic E-state index is 6.78. The van der Waals surface area contributed by atoms with Crippen molar-refractivity contribution in [3.63, 3.8) is 0 Å². The molecule has 0 spiro atoms. The summed E-state index contributed by atoms with van der Waals surface area (Å²) in [6, 6.07) is 31.0.